The van der Waals surface area contributed by atoms with Crippen LogP contribution in [0.1, 0.15) is 68.1 Å². The highest BCUT2D eigenvalue weighted by atomic mass is 32.1. The van der Waals surface area contributed by atoms with Crippen LogP contribution < -0.4 is 21.7 Å². The van der Waals surface area contributed by atoms with Crippen molar-refractivity contribution in [1.82, 2.24) is 14.0 Å². The van der Waals surface area contributed by atoms with E-state index in [2.05, 4.69) is 10.6 Å². The molecule has 0 radical (unpaired) electrons. The third-order valence-corrected chi connectivity index (χ3v) is 9.86. The van der Waals surface area contributed by atoms with Crippen LogP contribution in [-0.2, 0) is 12.8 Å². The van der Waals surface area contributed by atoms with Crippen LogP contribution in [0.25, 0.3) is 16.7 Å². The summed E-state index contributed by atoms with van der Waals surface area (Å²) in [4.78, 5) is 47.7. The third kappa shape index (κ3) is 5.10. The van der Waals surface area contributed by atoms with Crippen LogP contribution in [0, 0.1) is 12.3 Å². The Bertz CT molecular complexity index is 2270. The fraction of sp³-hybridized carbons (Fsp3) is 0.194. The maximum atomic E-state index is 14.2. The minimum Gasteiger partial charge on any atom is -0.322 e. The molecule has 0 saturated heterocycles. The first kappa shape index (κ1) is 29.4. The summed E-state index contributed by atoms with van der Waals surface area (Å²) >= 11 is 1.41. The molecule has 230 valence electrons. The summed E-state index contributed by atoms with van der Waals surface area (Å²) in [5, 5.41) is 16.0. The number of nitrogens with zero attached hydrogens (tertiary/aromatic N) is 3. The minimum absolute atomic E-state index is 0.0163. The quantitative estimate of drug-likeness (QED) is 0.183. The van der Waals surface area contributed by atoms with Crippen LogP contribution in [0.4, 0.5) is 10.7 Å². The Morgan fingerprint density at radius 1 is 0.913 bits per heavy atom. The molecule has 0 fully saturated rings. The number of benzene rings is 2. The van der Waals surface area contributed by atoms with Gasteiger partial charge in [-0.05, 0) is 80.5 Å². The van der Waals surface area contributed by atoms with Crippen LogP contribution in [0.2, 0.25) is 0 Å². The largest absolute Gasteiger partial charge is 0.322 e. The van der Waals surface area contributed by atoms with Gasteiger partial charge in [0.2, 0.25) is 0 Å². The Hall–Kier alpha value is -5.35. The van der Waals surface area contributed by atoms with Crippen LogP contribution in [0.15, 0.2) is 89.9 Å². The molecule has 3 N–H and O–H groups in total. The number of carbonyl (C=O) groups is 2. The Morgan fingerprint density at radius 2 is 1.63 bits per heavy atom. The van der Waals surface area contributed by atoms with Crippen molar-refractivity contribution in [3.05, 3.63) is 134 Å². The second-order valence-electron chi connectivity index (χ2n) is 11.6. The number of thiophene rings is 1. The number of amides is 2. The van der Waals surface area contributed by atoms with Gasteiger partial charge < -0.3 is 15.2 Å². The molecule has 2 aromatic carbocycles. The average molecular weight is 629 g/mol. The van der Waals surface area contributed by atoms with Gasteiger partial charge in [-0.15, -0.1) is 11.3 Å². The van der Waals surface area contributed by atoms with E-state index in [0.29, 0.717) is 27.5 Å². The predicted octanol–water partition coefficient (Wildman–Crippen LogP) is 6.49. The number of carbonyl (C=O) groups excluding carboxylic acids is 2. The maximum absolute atomic E-state index is 14.2. The summed E-state index contributed by atoms with van der Waals surface area (Å²) in [6, 6.07) is 23.6. The number of anilines is 2. The van der Waals surface area contributed by atoms with E-state index < -0.39 is 11.9 Å². The lowest BCUT2D eigenvalue weighted by atomic mass is 9.95. The van der Waals surface area contributed by atoms with Crippen LogP contribution in [0.5, 0.6) is 0 Å². The molecule has 0 bridgehead atoms. The summed E-state index contributed by atoms with van der Waals surface area (Å²) < 4.78 is 3.12. The molecule has 4 heterocycles. The average Bonchev–Trinajstić information content (AvgIpc) is 3.43. The van der Waals surface area contributed by atoms with Gasteiger partial charge in [-0.3, -0.25) is 24.2 Å². The first-order valence-corrected chi connectivity index (χ1v) is 16.1. The molecule has 1 aliphatic carbocycles. The van der Waals surface area contributed by atoms with Crippen LogP contribution >= 0.6 is 11.3 Å². The molecule has 1 unspecified atom stereocenters. The van der Waals surface area contributed by atoms with E-state index in [9.17, 15) is 19.8 Å². The number of hydrogen-bond donors (Lipinski definition) is 3. The van der Waals surface area contributed by atoms with Gasteiger partial charge in [0.25, 0.3) is 17.4 Å². The number of hydrogen-bond acceptors (Lipinski definition) is 6. The van der Waals surface area contributed by atoms with Gasteiger partial charge in [0.1, 0.15) is 21.8 Å². The van der Waals surface area contributed by atoms with Gasteiger partial charge in [-0.2, -0.15) is 0 Å². The van der Waals surface area contributed by atoms with Crippen molar-refractivity contribution in [2.45, 2.75) is 45.6 Å². The standard InChI is InChI=1S/C36H32N6O3S/c1-21-12-11-19-41-31(21)39-32-27(36(41)45)20-26(30(37)42(32)22(2)23-13-5-3-6-14-23)33(43)40-35-29(25-17-9-10-18-28(25)46-35)34(44)38-24-15-7-4-8-16-24/h3-8,11-16,19-20,22,37H,9-10,17-18H2,1-2H3,(H,38,44)(H,40,43). The first-order chi connectivity index (χ1) is 22.3. The van der Waals surface area contributed by atoms with Crippen LogP contribution in [-0.4, -0.2) is 25.8 Å². The van der Waals surface area contributed by atoms with Crippen LogP contribution in [0.3, 0.4) is 0 Å². The van der Waals surface area contributed by atoms with Crippen molar-refractivity contribution in [2.75, 3.05) is 10.6 Å². The van der Waals surface area contributed by atoms with Gasteiger partial charge in [0.05, 0.1) is 22.6 Å². The number of nitrogens with one attached hydrogen (secondary N) is 3. The van der Waals surface area contributed by atoms with E-state index in [-0.39, 0.29) is 27.9 Å². The number of fused-ring (bicyclic) bond motifs is 3. The summed E-state index contributed by atoms with van der Waals surface area (Å²) in [6.45, 7) is 3.81. The highest BCUT2D eigenvalue weighted by molar-refractivity contribution is 7.17. The molecule has 0 spiro atoms. The number of aromatic nitrogens is 3. The molecular formula is C36H32N6O3S. The van der Waals surface area contributed by atoms with Crippen molar-refractivity contribution in [3.63, 3.8) is 0 Å². The summed E-state index contributed by atoms with van der Waals surface area (Å²) in [5.74, 6) is -0.857. The number of pyridine rings is 2. The van der Waals surface area contributed by atoms with Gasteiger partial charge in [-0.1, -0.05) is 54.6 Å². The molecule has 7 rings (SSSR count). The zero-order valence-electron chi connectivity index (χ0n) is 25.5. The highest BCUT2D eigenvalue weighted by Crippen LogP contribution is 2.39. The van der Waals surface area contributed by atoms with Crippen molar-refractivity contribution < 1.29 is 9.59 Å². The molecule has 1 atom stereocenters. The summed E-state index contributed by atoms with van der Waals surface area (Å²) in [7, 11) is 0. The molecule has 0 aliphatic heterocycles. The van der Waals surface area contributed by atoms with Gasteiger partial charge in [-0.25, -0.2) is 4.98 Å². The minimum atomic E-state index is -0.568. The Kier molecular flexibility index (Phi) is 7.58. The molecule has 0 saturated carbocycles. The number of aryl methyl sites for hydroxylation is 2. The molecule has 46 heavy (non-hydrogen) atoms. The maximum Gasteiger partial charge on any atom is 0.267 e. The monoisotopic (exact) mass is 628 g/mol. The second-order valence-corrected chi connectivity index (χ2v) is 12.7. The van der Waals surface area contributed by atoms with E-state index in [4.69, 9.17) is 4.98 Å². The zero-order chi connectivity index (χ0) is 31.9. The van der Waals surface area contributed by atoms with E-state index >= 15 is 0 Å². The van der Waals surface area contributed by atoms with Crippen molar-refractivity contribution >= 4 is 50.5 Å². The van der Waals surface area contributed by atoms with Gasteiger partial charge in [0, 0.05) is 16.8 Å². The first-order valence-electron chi connectivity index (χ1n) is 15.3. The topological polar surface area (TPSA) is 121 Å². The summed E-state index contributed by atoms with van der Waals surface area (Å²) in [5.41, 5.74) is 4.21. The van der Waals surface area contributed by atoms with Gasteiger partial charge >= 0.3 is 0 Å². The molecule has 10 heteroatoms. The fourth-order valence-electron chi connectivity index (χ4n) is 6.27. The Labute approximate surface area is 268 Å². The predicted molar refractivity (Wildman–Crippen MR) is 181 cm³/mol. The smallest absolute Gasteiger partial charge is 0.267 e. The van der Waals surface area contributed by atoms with Crippen molar-refractivity contribution in [2.24, 2.45) is 0 Å². The molecule has 9 nitrogen and oxygen atoms in total. The van der Waals surface area contributed by atoms with E-state index in [1.807, 2.05) is 80.6 Å². The molecule has 4 aromatic heterocycles. The Balaban J connectivity index is 1.38. The SMILES string of the molecule is Cc1cccn2c(=O)c3cc(C(=O)Nc4sc5c(c4C(=O)Nc4ccccc4)CCCC5)c(=N)n(C(C)c4ccccc4)c3nc12. The fourth-order valence-corrected chi connectivity index (χ4v) is 7.55. The highest BCUT2D eigenvalue weighted by Gasteiger charge is 2.28. The molecular weight excluding hydrogens is 597 g/mol. The zero-order valence-corrected chi connectivity index (χ0v) is 26.3. The summed E-state index contributed by atoms with van der Waals surface area (Å²) in [6.07, 6.45) is 5.23. The Morgan fingerprint density at radius 3 is 2.39 bits per heavy atom. The van der Waals surface area contributed by atoms with E-state index in [1.165, 1.54) is 21.8 Å². The normalized spacial score (nSPS) is 13.3. The lowest BCUT2D eigenvalue weighted by molar-refractivity contribution is 0.102. The molecule has 1 aliphatic rings. The third-order valence-electron chi connectivity index (χ3n) is 8.65. The van der Waals surface area contributed by atoms with E-state index in [0.717, 1.165) is 47.3 Å². The van der Waals surface area contributed by atoms with E-state index in [1.54, 1.807) is 16.8 Å². The number of para-hydroxylation sites is 1. The number of rotatable bonds is 6. The molecule has 2 amide bonds. The lowest BCUT2D eigenvalue weighted by Crippen LogP contribution is -2.34. The lowest BCUT2D eigenvalue weighted by Gasteiger charge is -2.21. The van der Waals surface area contributed by atoms with Crippen molar-refractivity contribution in [3.8, 4) is 0 Å². The van der Waals surface area contributed by atoms with Gasteiger partial charge in [0.15, 0.2) is 0 Å². The second kappa shape index (κ2) is 11.9. The van der Waals surface area contributed by atoms with Crippen molar-refractivity contribution in [1.29, 1.82) is 5.41 Å². The molecule has 6 aromatic rings.